The van der Waals surface area contributed by atoms with Crippen molar-refractivity contribution in [3.05, 3.63) is 11.1 Å². The smallest absolute Gasteiger partial charge is 0.249 e. The van der Waals surface area contributed by atoms with Crippen LogP contribution in [0.5, 0.6) is 0 Å². The minimum atomic E-state index is -0.630. The Balaban J connectivity index is 1.90. The van der Waals surface area contributed by atoms with Gasteiger partial charge in [0.15, 0.2) is 0 Å². The molecule has 1 heterocycles. The SMILES string of the molecule is CC(=CCl)CN1C(=O)C2(CCCC2)NC(=O)C1C1CC1. The van der Waals surface area contributed by atoms with Gasteiger partial charge in [-0.1, -0.05) is 24.4 Å². The Morgan fingerprint density at radius 3 is 2.60 bits per heavy atom. The third-order valence-corrected chi connectivity index (χ3v) is 5.14. The third kappa shape index (κ3) is 2.24. The molecule has 3 fully saturated rings. The zero-order valence-electron chi connectivity index (χ0n) is 11.8. The van der Waals surface area contributed by atoms with Crippen LogP contribution in [0, 0.1) is 5.92 Å². The molecule has 1 saturated heterocycles. The number of carbonyl (C=O) groups excluding carboxylic acids is 2. The molecule has 0 aromatic rings. The first-order chi connectivity index (χ1) is 9.57. The molecule has 3 rings (SSSR count). The van der Waals surface area contributed by atoms with Gasteiger partial charge in [-0.25, -0.2) is 0 Å². The van der Waals surface area contributed by atoms with Crippen molar-refractivity contribution in [3.8, 4) is 0 Å². The Morgan fingerprint density at radius 1 is 1.40 bits per heavy atom. The molecule has 0 bridgehead atoms. The molecular weight excluding hydrogens is 276 g/mol. The number of rotatable bonds is 3. The summed E-state index contributed by atoms with van der Waals surface area (Å²) >= 11 is 5.75. The minimum absolute atomic E-state index is 0.0383. The lowest BCUT2D eigenvalue weighted by atomic mass is 9.89. The average molecular weight is 297 g/mol. The van der Waals surface area contributed by atoms with E-state index >= 15 is 0 Å². The van der Waals surface area contributed by atoms with E-state index < -0.39 is 5.54 Å². The van der Waals surface area contributed by atoms with Gasteiger partial charge in [0.2, 0.25) is 11.8 Å². The van der Waals surface area contributed by atoms with Crippen LogP contribution in [0.3, 0.4) is 0 Å². The summed E-state index contributed by atoms with van der Waals surface area (Å²) in [5, 5.41) is 3.05. The van der Waals surface area contributed by atoms with Crippen molar-refractivity contribution >= 4 is 23.4 Å². The van der Waals surface area contributed by atoms with E-state index in [2.05, 4.69) is 5.32 Å². The van der Waals surface area contributed by atoms with Crippen molar-refractivity contribution in [2.24, 2.45) is 5.92 Å². The van der Waals surface area contributed by atoms with E-state index in [-0.39, 0.29) is 17.9 Å². The molecule has 1 spiro atoms. The van der Waals surface area contributed by atoms with E-state index in [1.165, 1.54) is 5.54 Å². The van der Waals surface area contributed by atoms with Gasteiger partial charge in [-0.15, -0.1) is 0 Å². The number of amides is 2. The summed E-state index contributed by atoms with van der Waals surface area (Å²) < 4.78 is 0. The van der Waals surface area contributed by atoms with E-state index in [1.807, 2.05) is 6.92 Å². The van der Waals surface area contributed by atoms with Gasteiger partial charge in [0.1, 0.15) is 11.6 Å². The quantitative estimate of drug-likeness (QED) is 0.868. The molecule has 110 valence electrons. The summed E-state index contributed by atoms with van der Waals surface area (Å²) in [6, 6.07) is -0.291. The van der Waals surface area contributed by atoms with Crippen molar-refractivity contribution in [1.82, 2.24) is 10.2 Å². The Kier molecular flexibility index (Phi) is 3.53. The zero-order valence-corrected chi connectivity index (χ0v) is 12.6. The van der Waals surface area contributed by atoms with Crippen molar-refractivity contribution in [2.75, 3.05) is 6.54 Å². The first-order valence-electron chi connectivity index (χ1n) is 7.46. The van der Waals surface area contributed by atoms with Gasteiger partial charge in [-0.05, 0) is 44.1 Å². The maximum atomic E-state index is 12.9. The van der Waals surface area contributed by atoms with Gasteiger partial charge in [-0.2, -0.15) is 0 Å². The molecule has 1 N–H and O–H groups in total. The number of carbonyl (C=O) groups is 2. The first kappa shape index (κ1) is 13.9. The second-order valence-electron chi connectivity index (χ2n) is 6.45. The molecule has 0 radical (unpaired) electrons. The highest BCUT2D eigenvalue weighted by Gasteiger charge is 2.55. The van der Waals surface area contributed by atoms with E-state index in [4.69, 9.17) is 11.6 Å². The lowest BCUT2D eigenvalue weighted by Crippen LogP contribution is -2.70. The lowest BCUT2D eigenvalue weighted by Gasteiger charge is -2.44. The van der Waals surface area contributed by atoms with Crippen LogP contribution in [0.25, 0.3) is 0 Å². The molecule has 4 nitrogen and oxygen atoms in total. The Bertz CT molecular complexity index is 464. The Hall–Kier alpha value is -1.03. The number of nitrogens with one attached hydrogen (secondary N) is 1. The summed E-state index contributed by atoms with van der Waals surface area (Å²) in [4.78, 5) is 27.2. The largest absolute Gasteiger partial charge is 0.340 e. The van der Waals surface area contributed by atoms with E-state index in [9.17, 15) is 9.59 Å². The van der Waals surface area contributed by atoms with Gasteiger partial charge >= 0.3 is 0 Å². The topological polar surface area (TPSA) is 49.4 Å². The molecule has 0 aromatic carbocycles. The van der Waals surface area contributed by atoms with Crippen LogP contribution < -0.4 is 5.32 Å². The molecule has 1 unspecified atom stereocenters. The lowest BCUT2D eigenvalue weighted by molar-refractivity contribution is -0.155. The molecule has 2 aliphatic carbocycles. The molecule has 5 heteroatoms. The molecule has 3 aliphatic rings. The maximum Gasteiger partial charge on any atom is 0.249 e. The predicted molar refractivity (Wildman–Crippen MR) is 77.2 cm³/mol. The summed E-state index contributed by atoms with van der Waals surface area (Å²) in [5.41, 5.74) is 1.80. The number of nitrogens with zero attached hydrogens (tertiary/aromatic N) is 1. The number of hydrogen-bond acceptors (Lipinski definition) is 2. The molecule has 2 amide bonds. The Labute approximate surface area is 124 Å². The van der Waals surface area contributed by atoms with Crippen molar-refractivity contribution in [1.29, 1.82) is 0 Å². The second-order valence-corrected chi connectivity index (χ2v) is 6.67. The number of piperazine rings is 1. The van der Waals surface area contributed by atoms with Crippen LogP contribution in [0.4, 0.5) is 0 Å². The van der Waals surface area contributed by atoms with Crippen LogP contribution in [-0.4, -0.2) is 34.8 Å². The van der Waals surface area contributed by atoms with Crippen LogP contribution in [-0.2, 0) is 9.59 Å². The summed E-state index contributed by atoms with van der Waals surface area (Å²) in [7, 11) is 0. The fraction of sp³-hybridized carbons (Fsp3) is 0.733. The van der Waals surface area contributed by atoms with Gasteiger partial charge in [-0.3, -0.25) is 9.59 Å². The number of halogens is 1. The summed E-state index contributed by atoms with van der Waals surface area (Å²) in [6.07, 6.45) is 5.65. The van der Waals surface area contributed by atoms with Crippen LogP contribution in [0.1, 0.15) is 45.4 Å². The average Bonchev–Trinajstić information content (AvgIpc) is 3.15. The summed E-state index contributed by atoms with van der Waals surface area (Å²) in [6.45, 7) is 2.37. The van der Waals surface area contributed by atoms with Crippen LogP contribution in [0.2, 0.25) is 0 Å². The first-order valence-corrected chi connectivity index (χ1v) is 7.90. The van der Waals surface area contributed by atoms with Gasteiger partial charge < -0.3 is 10.2 Å². The third-order valence-electron chi connectivity index (χ3n) is 4.77. The van der Waals surface area contributed by atoms with Gasteiger partial charge in [0, 0.05) is 12.1 Å². The minimum Gasteiger partial charge on any atom is -0.340 e. The number of hydrogen-bond donors (Lipinski definition) is 1. The standard InChI is InChI=1S/C15H21ClN2O2/c1-10(8-16)9-18-12(11-4-5-11)13(19)17-15(14(18)20)6-2-3-7-15/h8,11-12H,2-7,9H2,1H3,(H,17,19). The monoisotopic (exact) mass is 296 g/mol. The fourth-order valence-corrected chi connectivity index (χ4v) is 3.65. The molecular formula is C15H21ClN2O2. The van der Waals surface area contributed by atoms with Crippen LogP contribution in [0.15, 0.2) is 11.1 Å². The molecule has 0 aromatic heterocycles. The second kappa shape index (κ2) is 5.06. The molecule has 20 heavy (non-hydrogen) atoms. The predicted octanol–water partition coefficient (Wildman–Crippen LogP) is 2.18. The van der Waals surface area contributed by atoms with E-state index in [0.717, 1.165) is 44.1 Å². The zero-order chi connectivity index (χ0) is 14.3. The molecule has 1 aliphatic heterocycles. The van der Waals surface area contributed by atoms with E-state index in [1.54, 1.807) is 4.90 Å². The Morgan fingerprint density at radius 2 is 2.05 bits per heavy atom. The van der Waals surface area contributed by atoms with Crippen molar-refractivity contribution < 1.29 is 9.59 Å². The van der Waals surface area contributed by atoms with Crippen molar-refractivity contribution in [3.63, 3.8) is 0 Å². The van der Waals surface area contributed by atoms with Gasteiger partial charge in [0.05, 0.1) is 0 Å². The van der Waals surface area contributed by atoms with E-state index in [0.29, 0.717) is 12.5 Å². The molecule has 1 atom stereocenters. The fourth-order valence-electron chi connectivity index (χ4n) is 3.58. The highest BCUT2D eigenvalue weighted by Crippen LogP contribution is 2.41. The summed E-state index contributed by atoms with van der Waals surface area (Å²) in [5.74, 6) is 0.474. The normalized spacial score (nSPS) is 30.0. The van der Waals surface area contributed by atoms with Crippen LogP contribution >= 0.6 is 11.6 Å². The van der Waals surface area contributed by atoms with Crippen molar-refractivity contribution in [2.45, 2.75) is 57.0 Å². The van der Waals surface area contributed by atoms with Gasteiger partial charge in [0.25, 0.3) is 0 Å². The highest BCUT2D eigenvalue weighted by atomic mass is 35.5. The maximum absolute atomic E-state index is 12.9. The highest BCUT2D eigenvalue weighted by molar-refractivity contribution is 6.25. The molecule has 2 saturated carbocycles.